The lowest BCUT2D eigenvalue weighted by Gasteiger charge is -2.00. The molecule has 0 radical (unpaired) electrons. The Morgan fingerprint density at radius 1 is 1.64 bits per heavy atom. The van der Waals surface area contributed by atoms with E-state index in [1.54, 1.807) is 25.1 Å². The fourth-order valence-corrected chi connectivity index (χ4v) is 1.10. The molecule has 1 rings (SSSR count). The van der Waals surface area contributed by atoms with Crippen LogP contribution in [-0.2, 0) is 0 Å². The summed E-state index contributed by atoms with van der Waals surface area (Å²) in [5.74, 6) is -1.03. The van der Waals surface area contributed by atoms with Crippen LogP contribution in [0.15, 0.2) is 18.3 Å². The van der Waals surface area contributed by atoms with Crippen molar-refractivity contribution in [2.24, 2.45) is 0 Å². The largest absolute Gasteiger partial charge is 0.477 e. The van der Waals surface area contributed by atoms with Gasteiger partial charge in [-0.3, -0.25) is 0 Å². The molecule has 1 aromatic rings. The Bertz CT molecular complexity index is 372. The summed E-state index contributed by atoms with van der Waals surface area (Å²) in [6.45, 7) is 1.65. The van der Waals surface area contributed by atoms with E-state index in [-0.39, 0.29) is 12.3 Å². The van der Waals surface area contributed by atoms with Gasteiger partial charge in [-0.15, -0.1) is 0 Å². The number of hydrogen-bond acceptors (Lipinski definition) is 3. The van der Waals surface area contributed by atoms with Crippen molar-refractivity contribution in [3.63, 3.8) is 0 Å². The minimum Gasteiger partial charge on any atom is -0.477 e. The van der Waals surface area contributed by atoms with Crippen molar-refractivity contribution in [2.75, 3.05) is 6.61 Å². The van der Waals surface area contributed by atoms with Crippen LogP contribution in [0.5, 0.6) is 0 Å². The smallest absolute Gasteiger partial charge is 0.354 e. The van der Waals surface area contributed by atoms with E-state index in [0.29, 0.717) is 5.56 Å². The summed E-state index contributed by atoms with van der Waals surface area (Å²) in [6.07, 6.45) is 4.71. The highest BCUT2D eigenvalue weighted by molar-refractivity contribution is 5.87. The van der Waals surface area contributed by atoms with Gasteiger partial charge in [-0.25, -0.2) is 9.78 Å². The van der Waals surface area contributed by atoms with Crippen LogP contribution in [0.4, 0.5) is 0 Å². The monoisotopic (exact) mass is 193 g/mol. The lowest BCUT2D eigenvalue weighted by Crippen LogP contribution is -2.03. The zero-order chi connectivity index (χ0) is 10.6. The van der Waals surface area contributed by atoms with Gasteiger partial charge in [0.25, 0.3) is 0 Å². The summed E-state index contributed by atoms with van der Waals surface area (Å²) < 4.78 is 0. The van der Waals surface area contributed by atoms with Gasteiger partial charge in [-0.2, -0.15) is 0 Å². The van der Waals surface area contributed by atoms with Crippen LogP contribution in [0.1, 0.15) is 21.6 Å². The molecule has 0 aliphatic carbocycles. The van der Waals surface area contributed by atoms with Crippen LogP contribution in [0.3, 0.4) is 0 Å². The Hall–Kier alpha value is -1.68. The second-order valence-electron chi connectivity index (χ2n) is 2.82. The maximum atomic E-state index is 10.6. The third-order valence-electron chi connectivity index (χ3n) is 1.72. The van der Waals surface area contributed by atoms with Crippen molar-refractivity contribution in [1.29, 1.82) is 0 Å². The number of pyridine rings is 1. The summed E-state index contributed by atoms with van der Waals surface area (Å²) in [5, 5.41) is 17.3. The number of carbonyl (C=O) groups is 1. The van der Waals surface area contributed by atoms with Crippen LogP contribution >= 0.6 is 0 Å². The Morgan fingerprint density at radius 2 is 2.36 bits per heavy atom. The van der Waals surface area contributed by atoms with Gasteiger partial charge in [0.15, 0.2) is 5.69 Å². The van der Waals surface area contributed by atoms with Gasteiger partial charge >= 0.3 is 5.97 Å². The molecule has 2 N–H and O–H groups in total. The SMILES string of the molecule is Cc1cc(C=CCO)cnc1C(=O)O. The molecular formula is C10H11NO3. The van der Waals surface area contributed by atoms with Crippen molar-refractivity contribution in [3.05, 3.63) is 35.2 Å². The highest BCUT2D eigenvalue weighted by atomic mass is 16.4. The average molecular weight is 193 g/mol. The molecular weight excluding hydrogens is 182 g/mol. The fourth-order valence-electron chi connectivity index (χ4n) is 1.10. The predicted molar refractivity (Wildman–Crippen MR) is 52.1 cm³/mol. The van der Waals surface area contributed by atoms with Gasteiger partial charge in [-0.05, 0) is 24.1 Å². The topological polar surface area (TPSA) is 70.4 Å². The van der Waals surface area contributed by atoms with Gasteiger partial charge in [-0.1, -0.05) is 12.2 Å². The molecule has 0 unspecified atom stereocenters. The van der Waals surface area contributed by atoms with E-state index in [1.165, 1.54) is 6.20 Å². The zero-order valence-electron chi connectivity index (χ0n) is 7.77. The number of rotatable bonds is 3. The second kappa shape index (κ2) is 4.53. The quantitative estimate of drug-likeness (QED) is 0.753. The van der Waals surface area contributed by atoms with E-state index in [0.717, 1.165) is 5.56 Å². The summed E-state index contributed by atoms with van der Waals surface area (Å²) in [4.78, 5) is 14.4. The fraction of sp³-hybridized carbons (Fsp3) is 0.200. The van der Waals surface area contributed by atoms with Crippen molar-refractivity contribution in [3.8, 4) is 0 Å². The van der Waals surface area contributed by atoms with Gasteiger partial charge in [0.1, 0.15) is 0 Å². The number of aliphatic hydroxyl groups is 1. The maximum absolute atomic E-state index is 10.6. The van der Waals surface area contributed by atoms with E-state index in [9.17, 15) is 4.79 Å². The molecule has 0 bridgehead atoms. The number of carboxylic acid groups (broad SMARTS) is 1. The predicted octanol–water partition coefficient (Wildman–Crippen LogP) is 1.09. The molecule has 0 aromatic carbocycles. The number of aliphatic hydroxyl groups excluding tert-OH is 1. The molecule has 4 heteroatoms. The molecule has 14 heavy (non-hydrogen) atoms. The summed E-state index contributed by atoms with van der Waals surface area (Å²) in [7, 11) is 0. The van der Waals surface area contributed by atoms with E-state index < -0.39 is 5.97 Å². The molecule has 0 aliphatic heterocycles. The van der Waals surface area contributed by atoms with E-state index in [4.69, 9.17) is 10.2 Å². The molecule has 0 aliphatic rings. The number of nitrogens with zero attached hydrogens (tertiary/aromatic N) is 1. The van der Waals surface area contributed by atoms with E-state index >= 15 is 0 Å². The Kier molecular flexibility index (Phi) is 3.36. The molecule has 1 heterocycles. The molecule has 0 saturated heterocycles. The molecule has 0 amide bonds. The van der Waals surface area contributed by atoms with Gasteiger partial charge in [0, 0.05) is 6.20 Å². The number of carboxylic acids is 1. The van der Waals surface area contributed by atoms with Crippen LogP contribution < -0.4 is 0 Å². The lowest BCUT2D eigenvalue weighted by molar-refractivity contribution is 0.0689. The van der Waals surface area contributed by atoms with E-state index in [2.05, 4.69) is 4.98 Å². The number of aryl methyl sites for hydroxylation is 1. The maximum Gasteiger partial charge on any atom is 0.354 e. The van der Waals surface area contributed by atoms with Gasteiger partial charge in [0.2, 0.25) is 0 Å². The highest BCUT2D eigenvalue weighted by Crippen LogP contribution is 2.08. The molecule has 74 valence electrons. The Labute approximate surface area is 81.5 Å². The Balaban J connectivity index is 3.00. The molecule has 1 aromatic heterocycles. The normalized spacial score (nSPS) is 10.7. The summed E-state index contributed by atoms with van der Waals surface area (Å²) in [5.41, 5.74) is 1.45. The molecule has 0 fully saturated rings. The summed E-state index contributed by atoms with van der Waals surface area (Å²) >= 11 is 0. The molecule has 4 nitrogen and oxygen atoms in total. The summed E-state index contributed by atoms with van der Waals surface area (Å²) in [6, 6.07) is 1.71. The van der Waals surface area contributed by atoms with Crippen molar-refractivity contribution < 1.29 is 15.0 Å². The molecule has 0 spiro atoms. The van der Waals surface area contributed by atoms with Crippen LogP contribution in [0, 0.1) is 6.92 Å². The first kappa shape index (κ1) is 10.4. The minimum atomic E-state index is -1.03. The average Bonchev–Trinajstić information content (AvgIpc) is 2.14. The van der Waals surface area contributed by atoms with E-state index in [1.807, 2.05) is 0 Å². The third-order valence-corrected chi connectivity index (χ3v) is 1.72. The van der Waals surface area contributed by atoms with Crippen molar-refractivity contribution >= 4 is 12.0 Å². The highest BCUT2D eigenvalue weighted by Gasteiger charge is 2.07. The van der Waals surface area contributed by atoms with Crippen molar-refractivity contribution in [1.82, 2.24) is 4.98 Å². The van der Waals surface area contributed by atoms with Gasteiger partial charge in [0.05, 0.1) is 6.61 Å². The molecule has 0 saturated carbocycles. The zero-order valence-corrected chi connectivity index (χ0v) is 7.77. The molecule has 0 atom stereocenters. The first-order chi connectivity index (χ1) is 6.65. The first-order valence-electron chi connectivity index (χ1n) is 4.12. The number of hydrogen-bond donors (Lipinski definition) is 2. The van der Waals surface area contributed by atoms with Gasteiger partial charge < -0.3 is 10.2 Å². The number of aromatic carboxylic acids is 1. The minimum absolute atomic E-state index is 0.0419. The third kappa shape index (κ3) is 2.40. The standard InChI is InChI=1S/C10H11NO3/c1-7-5-8(3-2-4-12)6-11-9(7)10(13)14/h2-3,5-6,12H,4H2,1H3,(H,13,14). The number of aromatic nitrogens is 1. The van der Waals surface area contributed by atoms with Crippen LogP contribution in [0.25, 0.3) is 6.08 Å². The first-order valence-corrected chi connectivity index (χ1v) is 4.12. The second-order valence-corrected chi connectivity index (χ2v) is 2.82. The lowest BCUT2D eigenvalue weighted by atomic mass is 10.1. The van der Waals surface area contributed by atoms with Crippen LogP contribution in [0.2, 0.25) is 0 Å². The van der Waals surface area contributed by atoms with Crippen LogP contribution in [-0.4, -0.2) is 27.8 Å². The van der Waals surface area contributed by atoms with Crippen molar-refractivity contribution in [2.45, 2.75) is 6.92 Å². The Morgan fingerprint density at radius 3 is 2.86 bits per heavy atom.